The van der Waals surface area contributed by atoms with E-state index in [4.69, 9.17) is 0 Å². The number of carbonyl (C=O) groups excluding carboxylic acids is 1. The van der Waals surface area contributed by atoms with Gasteiger partial charge in [0.15, 0.2) is 0 Å². The second-order valence-electron chi connectivity index (χ2n) is 5.83. The Morgan fingerprint density at radius 2 is 2.13 bits per heavy atom. The zero-order valence-electron chi connectivity index (χ0n) is 12.7. The van der Waals surface area contributed by atoms with Gasteiger partial charge in [-0.1, -0.05) is 0 Å². The van der Waals surface area contributed by atoms with Crippen LogP contribution in [-0.4, -0.2) is 47.5 Å². The molecular weight excluding hydrogens is 292 g/mol. The molecule has 0 N–H and O–H groups in total. The van der Waals surface area contributed by atoms with Crippen molar-refractivity contribution in [2.24, 2.45) is 0 Å². The van der Waals surface area contributed by atoms with Crippen molar-refractivity contribution in [2.75, 3.05) is 6.54 Å². The third-order valence-electron chi connectivity index (χ3n) is 4.30. The van der Waals surface area contributed by atoms with E-state index in [1.54, 1.807) is 23.0 Å². The van der Waals surface area contributed by atoms with Crippen molar-refractivity contribution in [3.8, 4) is 0 Å². The summed E-state index contributed by atoms with van der Waals surface area (Å²) in [5.74, 6) is 0.531. The van der Waals surface area contributed by atoms with Gasteiger partial charge in [0.25, 0.3) is 5.91 Å². The number of amides is 1. The summed E-state index contributed by atoms with van der Waals surface area (Å²) in [6.07, 6.45) is 12.2. The van der Waals surface area contributed by atoms with Crippen molar-refractivity contribution in [1.82, 2.24) is 29.0 Å². The van der Waals surface area contributed by atoms with Gasteiger partial charge in [0, 0.05) is 37.5 Å². The third-order valence-corrected chi connectivity index (χ3v) is 4.30. The first-order valence-electron chi connectivity index (χ1n) is 7.89. The lowest BCUT2D eigenvalue weighted by molar-refractivity contribution is 0.0578. The number of piperidine rings is 1. The Kier molecular flexibility index (Phi) is 3.53. The maximum Gasteiger partial charge on any atom is 0.274 e. The Bertz CT molecular complexity index is 776. The first-order valence-corrected chi connectivity index (χ1v) is 7.89. The number of aromatic nitrogens is 5. The van der Waals surface area contributed by atoms with Gasteiger partial charge in [-0.05, 0) is 31.4 Å². The predicted octanol–water partition coefficient (Wildman–Crippen LogP) is 1.62. The Hall–Kier alpha value is -2.70. The van der Waals surface area contributed by atoms with Gasteiger partial charge < -0.3 is 4.90 Å². The fraction of sp³-hybridized carbons (Fsp3) is 0.375. The van der Waals surface area contributed by atoms with Gasteiger partial charge in [0.1, 0.15) is 5.69 Å². The van der Waals surface area contributed by atoms with Gasteiger partial charge in [-0.3, -0.25) is 13.9 Å². The molecule has 0 aromatic carbocycles. The van der Waals surface area contributed by atoms with Gasteiger partial charge >= 0.3 is 0 Å². The predicted molar refractivity (Wildman–Crippen MR) is 83.9 cm³/mol. The van der Waals surface area contributed by atoms with Crippen molar-refractivity contribution >= 4 is 11.7 Å². The Labute approximate surface area is 133 Å². The molecule has 1 aliphatic heterocycles. The molecule has 23 heavy (non-hydrogen) atoms. The van der Waals surface area contributed by atoms with Crippen LogP contribution in [0, 0.1) is 0 Å². The highest BCUT2D eigenvalue weighted by Gasteiger charge is 2.29. The van der Waals surface area contributed by atoms with Crippen molar-refractivity contribution < 1.29 is 4.79 Å². The van der Waals surface area contributed by atoms with Crippen LogP contribution in [0.2, 0.25) is 0 Å². The van der Waals surface area contributed by atoms with E-state index in [1.807, 2.05) is 34.1 Å². The van der Waals surface area contributed by atoms with Crippen LogP contribution < -0.4 is 0 Å². The van der Waals surface area contributed by atoms with Crippen LogP contribution in [-0.2, 0) is 6.54 Å². The summed E-state index contributed by atoms with van der Waals surface area (Å²) in [4.78, 5) is 23.4. The molecule has 0 radical (unpaired) electrons. The highest BCUT2D eigenvalue weighted by Crippen LogP contribution is 2.21. The quantitative estimate of drug-likeness (QED) is 0.737. The highest BCUT2D eigenvalue weighted by atomic mass is 16.2. The number of hydrogen-bond acceptors (Lipinski definition) is 4. The fourth-order valence-electron chi connectivity index (χ4n) is 3.16. The number of fused-ring (bicyclic) bond motifs is 1. The molecule has 0 spiro atoms. The zero-order valence-corrected chi connectivity index (χ0v) is 12.7. The minimum Gasteiger partial charge on any atom is -0.332 e. The lowest BCUT2D eigenvalue weighted by Crippen LogP contribution is -2.46. The topological polar surface area (TPSA) is 68.3 Å². The Morgan fingerprint density at radius 1 is 1.22 bits per heavy atom. The molecule has 1 saturated heterocycles. The minimum atomic E-state index is -0.0210. The zero-order chi connectivity index (χ0) is 15.6. The molecule has 0 saturated carbocycles. The molecule has 1 amide bonds. The van der Waals surface area contributed by atoms with Crippen LogP contribution in [0.4, 0.5) is 0 Å². The molecule has 7 heteroatoms. The SMILES string of the molecule is O=C(c1cn2cccnc2n1)N1CCCC[C@H]1Cn1cccn1. The van der Waals surface area contributed by atoms with Crippen molar-refractivity contribution in [2.45, 2.75) is 31.8 Å². The molecule has 3 aromatic heterocycles. The average molecular weight is 310 g/mol. The molecule has 118 valence electrons. The molecule has 0 bridgehead atoms. The van der Waals surface area contributed by atoms with Crippen LogP contribution in [0.25, 0.3) is 5.78 Å². The highest BCUT2D eigenvalue weighted by molar-refractivity contribution is 5.93. The number of imidazole rings is 1. The summed E-state index contributed by atoms with van der Waals surface area (Å²) in [7, 11) is 0. The molecule has 1 atom stereocenters. The Morgan fingerprint density at radius 3 is 2.96 bits per heavy atom. The molecule has 7 nitrogen and oxygen atoms in total. The molecular formula is C16H18N6O. The molecule has 3 aromatic rings. The molecule has 4 rings (SSSR count). The summed E-state index contributed by atoms with van der Waals surface area (Å²) < 4.78 is 3.67. The number of rotatable bonds is 3. The summed E-state index contributed by atoms with van der Waals surface area (Å²) in [5.41, 5.74) is 0.455. The van der Waals surface area contributed by atoms with E-state index in [9.17, 15) is 4.79 Å². The van der Waals surface area contributed by atoms with Crippen molar-refractivity contribution in [3.05, 3.63) is 48.8 Å². The lowest BCUT2D eigenvalue weighted by atomic mass is 10.0. The van der Waals surface area contributed by atoms with Crippen LogP contribution in [0.5, 0.6) is 0 Å². The molecule has 0 unspecified atom stereocenters. The van der Waals surface area contributed by atoms with Crippen LogP contribution >= 0.6 is 0 Å². The van der Waals surface area contributed by atoms with E-state index in [2.05, 4.69) is 15.1 Å². The first-order chi connectivity index (χ1) is 11.3. The normalized spacial score (nSPS) is 18.4. The molecule has 4 heterocycles. The fourth-order valence-corrected chi connectivity index (χ4v) is 3.16. The van der Waals surface area contributed by atoms with Crippen molar-refractivity contribution in [3.63, 3.8) is 0 Å². The van der Waals surface area contributed by atoms with E-state index in [-0.39, 0.29) is 11.9 Å². The Balaban J connectivity index is 1.59. The summed E-state index contributed by atoms with van der Waals surface area (Å²) in [6, 6.07) is 3.89. The van der Waals surface area contributed by atoms with E-state index < -0.39 is 0 Å². The molecule has 1 aliphatic rings. The first kappa shape index (κ1) is 13.9. The number of carbonyl (C=O) groups is 1. The average Bonchev–Trinajstić information content (AvgIpc) is 3.23. The second kappa shape index (κ2) is 5.83. The maximum absolute atomic E-state index is 12.9. The van der Waals surface area contributed by atoms with Gasteiger partial charge in [-0.25, -0.2) is 9.97 Å². The molecule has 1 fully saturated rings. The van der Waals surface area contributed by atoms with E-state index in [1.165, 1.54) is 0 Å². The van der Waals surface area contributed by atoms with E-state index >= 15 is 0 Å². The largest absolute Gasteiger partial charge is 0.332 e. The van der Waals surface area contributed by atoms with Crippen molar-refractivity contribution in [1.29, 1.82) is 0 Å². The standard InChI is InChI=1S/C16H18N6O/c23-15(14-12-20-8-3-6-17-16(20)19-14)22-10-2-1-5-13(22)11-21-9-4-7-18-21/h3-4,6-9,12-13H,1-2,5,10-11H2/t13-/m0/s1. The van der Waals surface area contributed by atoms with E-state index in [0.717, 1.165) is 32.4 Å². The van der Waals surface area contributed by atoms with Crippen LogP contribution in [0.15, 0.2) is 43.1 Å². The molecule has 0 aliphatic carbocycles. The summed E-state index contributed by atoms with van der Waals surface area (Å²) >= 11 is 0. The number of likely N-dealkylation sites (tertiary alicyclic amines) is 1. The maximum atomic E-state index is 12.9. The number of hydrogen-bond donors (Lipinski definition) is 0. The summed E-state index contributed by atoms with van der Waals surface area (Å²) in [6.45, 7) is 1.50. The third kappa shape index (κ3) is 2.69. The lowest BCUT2D eigenvalue weighted by Gasteiger charge is -2.35. The monoisotopic (exact) mass is 310 g/mol. The van der Waals surface area contributed by atoms with Crippen LogP contribution in [0.1, 0.15) is 29.8 Å². The van der Waals surface area contributed by atoms with Gasteiger partial charge in [0.2, 0.25) is 5.78 Å². The van der Waals surface area contributed by atoms with Crippen LogP contribution in [0.3, 0.4) is 0 Å². The second-order valence-corrected chi connectivity index (χ2v) is 5.83. The van der Waals surface area contributed by atoms with E-state index in [0.29, 0.717) is 11.5 Å². The summed E-state index contributed by atoms with van der Waals surface area (Å²) in [5, 5.41) is 4.26. The van der Waals surface area contributed by atoms with Gasteiger partial charge in [-0.15, -0.1) is 0 Å². The minimum absolute atomic E-state index is 0.0210. The smallest absolute Gasteiger partial charge is 0.274 e. The van der Waals surface area contributed by atoms with Gasteiger partial charge in [0.05, 0.1) is 12.6 Å². The van der Waals surface area contributed by atoms with Gasteiger partial charge in [-0.2, -0.15) is 5.10 Å². The number of nitrogens with zero attached hydrogens (tertiary/aromatic N) is 6.